The molecule has 5 heteroatoms. The van der Waals surface area contributed by atoms with Crippen LogP contribution < -0.4 is 4.72 Å². The van der Waals surface area contributed by atoms with E-state index in [-0.39, 0.29) is 10.9 Å². The van der Waals surface area contributed by atoms with Crippen LogP contribution in [-0.2, 0) is 10.0 Å². The average molecular weight is 316 g/mol. The minimum Gasteiger partial charge on any atom is -0.207 e. The number of sulfonamides is 1. The molecule has 1 rings (SSSR count). The number of halogens is 1. The number of aryl methyl sites for hydroxylation is 1. The molecule has 0 fully saturated rings. The summed E-state index contributed by atoms with van der Waals surface area (Å²) in [7, 11) is -3.52. The molecule has 3 nitrogen and oxygen atoms in total. The Morgan fingerprint density at radius 1 is 1.53 bits per heavy atom. The first-order valence-electron chi connectivity index (χ1n) is 5.09. The van der Waals surface area contributed by atoms with Gasteiger partial charge < -0.3 is 0 Å². The van der Waals surface area contributed by atoms with Gasteiger partial charge in [0.15, 0.2) is 0 Å². The Morgan fingerprint density at radius 3 is 2.71 bits per heavy atom. The predicted molar refractivity (Wildman–Crippen MR) is 72.1 cm³/mol. The van der Waals surface area contributed by atoms with Gasteiger partial charge in [0.2, 0.25) is 10.0 Å². The van der Waals surface area contributed by atoms with Gasteiger partial charge in [0.1, 0.15) is 0 Å². The summed E-state index contributed by atoms with van der Waals surface area (Å²) in [5.41, 5.74) is 0.993. The lowest BCUT2D eigenvalue weighted by molar-refractivity contribution is 0.563. The third kappa shape index (κ3) is 3.84. The molecular weight excluding hydrogens is 302 g/mol. The lowest BCUT2D eigenvalue weighted by atomic mass is 10.2. The molecule has 0 amide bonds. The highest BCUT2D eigenvalue weighted by molar-refractivity contribution is 9.10. The number of rotatable bonds is 4. The fourth-order valence-electron chi connectivity index (χ4n) is 1.37. The first kappa shape index (κ1) is 14.2. The molecule has 0 bridgehead atoms. The molecule has 17 heavy (non-hydrogen) atoms. The Bertz CT molecular complexity index is 546. The molecule has 0 aliphatic carbocycles. The van der Waals surface area contributed by atoms with Gasteiger partial charge in [-0.2, -0.15) is 0 Å². The van der Waals surface area contributed by atoms with Crippen LogP contribution in [0.15, 0.2) is 27.6 Å². The van der Waals surface area contributed by atoms with Crippen molar-refractivity contribution in [2.24, 2.45) is 0 Å². The van der Waals surface area contributed by atoms with Crippen LogP contribution >= 0.6 is 15.9 Å². The lowest BCUT2D eigenvalue weighted by Crippen LogP contribution is -2.32. The van der Waals surface area contributed by atoms with Crippen molar-refractivity contribution >= 4 is 26.0 Å². The van der Waals surface area contributed by atoms with E-state index in [2.05, 4.69) is 26.6 Å². The Morgan fingerprint density at radius 2 is 2.18 bits per heavy atom. The molecular formula is C12H14BrNO2S. The van der Waals surface area contributed by atoms with Crippen LogP contribution in [0, 0.1) is 19.3 Å². The maximum atomic E-state index is 12.0. The van der Waals surface area contributed by atoms with Crippen LogP contribution in [0.3, 0.4) is 0 Å². The molecule has 1 aromatic carbocycles. The van der Waals surface area contributed by atoms with Crippen LogP contribution in [0.2, 0.25) is 0 Å². The molecule has 0 heterocycles. The molecule has 1 aromatic rings. The van der Waals surface area contributed by atoms with E-state index >= 15 is 0 Å². The van der Waals surface area contributed by atoms with Gasteiger partial charge >= 0.3 is 0 Å². The number of benzene rings is 1. The summed E-state index contributed by atoms with van der Waals surface area (Å²) < 4.78 is 27.2. The van der Waals surface area contributed by atoms with Crippen LogP contribution in [-0.4, -0.2) is 14.5 Å². The van der Waals surface area contributed by atoms with E-state index in [0.29, 0.717) is 10.9 Å². The molecule has 0 aliphatic heterocycles. The molecule has 0 spiro atoms. The monoisotopic (exact) mass is 315 g/mol. The van der Waals surface area contributed by atoms with Crippen LogP contribution in [0.5, 0.6) is 0 Å². The fourth-order valence-corrected chi connectivity index (χ4v) is 3.81. The third-order valence-electron chi connectivity index (χ3n) is 2.16. The summed E-state index contributed by atoms with van der Waals surface area (Å²) in [6.07, 6.45) is 5.51. The van der Waals surface area contributed by atoms with E-state index in [4.69, 9.17) is 6.42 Å². The molecule has 1 N–H and O–H groups in total. The molecule has 0 radical (unpaired) electrons. The zero-order valence-electron chi connectivity index (χ0n) is 9.70. The minimum atomic E-state index is -3.52. The van der Waals surface area contributed by atoms with Crippen molar-refractivity contribution in [1.82, 2.24) is 4.72 Å². The maximum Gasteiger partial charge on any atom is 0.241 e. The Kier molecular flexibility index (Phi) is 4.75. The van der Waals surface area contributed by atoms with E-state index in [1.165, 1.54) is 0 Å². The molecule has 1 unspecified atom stereocenters. The summed E-state index contributed by atoms with van der Waals surface area (Å²) in [6, 6.07) is 4.81. The van der Waals surface area contributed by atoms with Crippen LogP contribution in [0.1, 0.15) is 18.9 Å². The van der Waals surface area contributed by atoms with Crippen molar-refractivity contribution < 1.29 is 8.42 Å². The lowest BCUT2D eigenvalue weighted by Gasteiger charge is -2.13. The van der Waals surface area contributed by atoms with E-state index < -0.39 is 10.0 Å². The molecule has 0 saturated carbocycles. The second-order valence-electron chi connectivity index (χ2n) is 3.86. The molecule has 1 atom stereocenters. The van der Waals surface area contributed by atoms with E-state index in [9.17, 15) is 8.42 Å². The highest BCUT2D eigenvalue weighted by Crippen LogP contribution is 2.23. The average Bonchev–Trinajstić information content (AvgIpc) is 2.15. The van der Waals surface area contributed by atoms with Gasteiger partial charge in [-0.25, -0.2) is 13.1 Å². The number of nitrogens with one attached hydrogen (secondary N) is 1. The summed E-state index contributed by atoms with van der Waals surface area (Å²) >= 11 is 3.25. The predicted octanol–water partition coefficient (Wildman–Crippen LogP) is 2.45. The summed E-state index contributed by atoms with van der Waals surface area (Å²) in [5, 5.41) is 0. The topological polar surface area (TPSA) is 46.2 Å². The van der Waals surface area contributed by atoms with Gasteiger partial charge in [-0.15, -0.1) is 12.3 Å². The van der Waals surface area contributed by atoms with Crippen molar-refractivity contribution in [3.63, 3.8) is 0 Å². The Hall–Kier alpha value is -0.830. The molecule has 0 aromatic heterocycles. The van der Waals surface area contributed by atoms with Gasteiger partial charge in [0, 0.05) is 16.9 Å². The fraction of sp³-hybridized carbons (Fsp3) is 0.333. The van der Waals surface area contributed by atoms with Crippen molar-refractivity contribution in [1.29, 1.82) is 0 Å². The van der Waals surface area contributed by atoms with E-state index in [0.717, 1.165) is 5.56 Å². The standard InChI is InChI=1S/C12H14BrNO2S/c1-4-5-10(3)14-17(15,16)12-7-6-9(2)8-11(12)13/h1,6-8,10,14H,5H2,2-3H3. The normalized spacial score (nSPS) is 13.1. The number of hydrogen-bond donors (Lipinski definition) is 1. The Labute approximate surface area is 111 Å². The molecule has 0 saturated heterocycles. The van der Waals surface area contributed by atoms with Crippen molar-refractivity contribution in [3.05, 3.63) is 28.2 Å². The van der Waals surface area contributed by atoms with Gasteiger partial charge in [-0.1, -0.05) is 6.07 Å². The van der Waals surface area contributed by atoms with Crippen LogP contribution in [0.25, 0.3) is 0 Å². The second kappa shape index (κ2) is 5.67. The zero-order chi connectivity index (χ0) is 13.1. The van der Waals surface area contributed by atoms with E-state index in [1.807, 2.05) is 6.92 Å². The van der Waals surface area contributed by atoms with Crippen molar-refractivity contribution in [2.75, 3.05) is 0 Å². The van der Waals surface area contributed by atoms with Gasteiger partial charge in [-0.3, -0.25) is 0 Å². The summed E-state index contributed by atoms with van der Waals surface area (Å²) in [6.45, 7) is 3.63. The SMILES string of the molecule is C#CCC(C)NS(=O)(=O)c1ccc(C)cc1Br. The Balaban J connectivity index is 3.02. The van der Waals surface area contributed by atoms with Gasteiger partial charge in [0.25, 0.3) is 0 Å². The van der Waals surface area contributed by atoms with Gasteiger partial charge in [-0.05, 0) is 47.5 Å². The number of terminal acetylenes is 1. The summed E-state index contributed by atoms with van der Waals surface area (Å²) in [4.78, 5) is 0.229. The van der Waals surface area contributed by atoms with E-state index in [1.54, 1.807) is 25.1 Å². The van der Waals surface area contributed by atoms with Gasteiger partial charge in [0.05, 0.1) is 4.90 Å². The zero-order valence-corrected chi connectivity index (χ0v) is 12.1. The summed E-state index contributed by atoms with van der Waals surface area (Å²) in [5.74, 6) is 2.43. The maximum absolute atomic E-state index is 12.0. The van der Waals surface area contributed by atoms with Crippen molar-refractivity contribution in [3.8, 4) is 12.3 Å². The number of hydrogen-bond acceptors (Lipinski definition) is 2. The van der Waals surface area contributed by atoms with Crippen LogP contribution in [0.4, 0.5) is 0 Å². The molecule has 92 valence electrons. The second-order valence-corrected chi connectivity index (χ2v) is 6.40. The smallest absolute Gasteiger partial charge is 0.207 e. The largest absolute Gasteiger partial charge is 0.241 e. The quantitative estimate of drug-likeness (QED) is 0.867. The third-order valence-corrected chi connectivity index (χ3v) is 4.72. The highest BCUT2D eigenvalue weighted by atomic mass is 79.9. The highest BCUT2D eigenvalue weighted by Gasteiger charge is 2.19. The first-order valence-corrected chi connectivity index (χ1v) is 7.36. The molecule has 0 aliphatic rings. The van der Waals surface area contributed by atoms with Crippen molar-refractivity contribution in [2.45, 2.75) is 31.2 Å². The minimum absolute atomic E-state index is 0.229. The first-order chi connectivity index (χ1) is 7.86.